The number of benzene rings is 3. The van der Waals surface area contributed by atoms with Crippen LogP contribution in [0, 0.1) is 13.8 Å². The number of amides is 2. The minimum atomic E-state index is -0.430. The first-order chi connectivity index (χ1) is 15.4. The number of aryl methyl sites for hydroxylation is 2. The van der Waals surface area contributed by atoms with Crippen LogP contribution < -0.4 is 19.7 Å². The van der Waals surface area contributed by atoms with Crippen molar-refractivity contribution in [2.45, 2.75) is 13.8 Å². The zero-order valence-corrected chi connectivity index (χ0v) is 18.2. The van der Waals surface area contributed by atoms with Crippen LogP contribution >= 0.6 is 11.6 Å². The molecule has 3 aromatic carbocycles. The molecule has 2 aliphatic rings. The van der Waals surface area contributed by atoms with E-state index in [1.54, 1.807) is 48.5 Å². The third kappa shape index (κ3) is 3.39. The Balaban J connectivity index is 1.59. The van der Waals surface area contributed by atoms with E-state index >= 15 is 0 Å². The summed E-state index contributed by atoms with van der Waals surface area (Å²) in [5.74, 6) is 0.379. The van der Waals surface area contributed by atoms with Crippen molar-refractivity contribution in [2.75, 3.05) is 17.0 Å². The van der Waals surface area contributed by atoms with E-state index in [2.05, 4.69) is 5.32 Å². The van der Waals surface area contributed by atoms with Gasteiger partial charge in [0, 0.05) is 16.8 Å². The summed E-state index contributed by atoms with van der Waals surface area (Å²) < 4.78 is 10.8. The van der Waals surface area contributed by atoms with E-state index in [0.717, 1.165) is 11.1 Å². The van der Waals surface area contributed by atoms with Crippen molar-refractivity contribution in [3.05, 3.63) is 88.1 Å². The number of anilines is 2. The molecule has 160 valence electrons. The van der Waals surface area contributed by atoms with Gasteiger partial charge in [-0.2, -0.15) is 0 Å². The van der Waals surface area contributed by atoms with Crippen molar-refractivity contribution >= 4 is 40.4 Å². The second-order valence-corrected chi connectivity index (χ2v) is 8.10. The summed E-state index contributed by atoms with van der Waals surface area (Å²) in [6.45, 7) is 4.08. The molecule has 2 aliphatic heterocycles. The number of rotatable bonds is 4. The van der Waals surface area contributed by atoms with Gasteiger partial charge in [-0.05, 0) is 66.9 Å². The standard InChI is InChI=1S/C25H19ClN2O4/c1-14-3-9-19(11-15(14)2)28-24(29)22(16-4-6-17(26)7-5-16)23(25(28)30)27-18-8-10-20-21(12-18)32-13-31-20/h3-12,27H,13H2,1-2H3. The minimum Gasteiger partial charge on any atom is -0.454 e. The number of hydrogen-bond acceptors (Lipinski definition) is 5. The van der Waals surface area contributed by atoms with Crippen molar-refractivity contribution in [2.24, 2.45) is 0 Å². The van der Waals surface area contributed by atoms with Crippen LogP contribution in [0.4, 0.5) is 11.4 Å². The third-order valence-corrected chi connectivity index (χ3v) is 5.86. The maximum Gasteiger partial charge on any atom is 0.282 e. The highest BCUT2D eigenvalue weighted by Gasteiger charge is 2.40. The van der Waals surface area contributed by atoms with E-state index in [4.69, 9.17) is 21.1 Å². The maximum atomic E-state index is 13.5. The summed E-state index contributed by atoms with van der Waals surface area (Å²) in [6, 6.07) is 17.6. The van der Waals surface area contributed by atoms with Crippen LogP contribution in [0.3, 0.4) is 0 Å². The molecule has 0 radical (unpaired) electrons. The lowest BCUT2D eigenvalue weighted by molar-refractivity contribution is -0.120. The SMILES string of the molecule is Cc1ccc(N2C(=O)C(Nc3ccc4c(c3)OCO4)=C(c3ccc(Cl)cc3)C2=O)cc1C. The molecule has 2 heterocycles. The first kappa shape index (κ1) is 20.2. The van der Waals surface area contributed by atoms with E-state index in [1.807, 2.05) is 26.0 Å². The van der Waals surface area contributed by atoms with Crippen LogP contribution in [0.5, 0.6) is 11.5 Å². The fourth-order valence-corrected chi connectivity index (χ4v) is 3.87. The number of nitrogens with zero attached hydrogens (tertiary/aromatic N) is 1. The summed E-state index contributed by atoms with van der Waals surface area (Å²) in [4.78, 5) is 28.2. The van der Waals surface area contributed by atoms with Gasteiger partial charge in [0.1, 0.15) is 5.70 Å². The monoisotopic (exact) mass is 446 g/mol. The molecule has 0 aromatic heterocycles. The molecular formula is C25H19ClN2O4. The topological polar surface area (TPSA) is 67.9 Å². The van der Waals surface area contributed by atoms with Crippen LogP contribution in [0.1, 0.15) is 16.7 Å². The van der Waals surface area contributed by atoms with E-state index in [1.165, 1.54) is 4.90 Å². The van der Waals surface area contributed by atoms with Crippen LogP contribution in [0.25, 0.3) is 5.57 Å². The molecule has 1 N–H and O–H groups in total. The number of carbonyl (C=O) groups excluding carboxylic acids is 2. The lowest BCUT2D eigenvalue weighted by atomic mass is 10.0. The number of nitrogens with one attached hydrogen (secondary N) is 1. The Morgan fingerprint density at radius 1 is 0.844 bits per heavy atom. The highest BCUT2D eigenvalue weighted by molar-refractivity contribution is 6.46. The van der Waals surface area contributed by atoms with Gasteiger partial charge in [-0.3, -0.25) is 9.59 Å². The summed E-state index contributed by atoms with van der Waals surface area (Å²) in [5.41, 5.74) is 4.28. The number of halogens is 1. The van der Waals surface area contributed by atoms with Gasteiger partial charge in [-0.1, -0.05) is 29.8 Å². The largest absolute Gasteiger partial charge is 0.454 e. The van der Waals surface area contributed by atoms with Crippen LogP contribution in [0.2, 0.25) is 5.02 Å². The first-order valence-electron chi connectivity index (χ1n) is 10.1. The van der Waals surface area contributed by atoms with E-state index < -0.39 is 11.8 Å². The molecule has 6 nitrogen and oxygen atoms in total. The van der Waals surface area contributed by atoms with E-state index in [9.17, 15) is 9.59 Å². The smallest absolute Gasteiger partial charge is 0.282 e. The first-order valence-corrected chi connectivity index (χ1v) is 10.4. The van der Waals surface area contributed by atoms with Gasteiger partial charge in [0.05, 0.1) is 11.3 Å². The van der Waals surface area contributed by atoms with E-state index in [0.29, 0.717) is 33.5 Å². The van der Waals surface area contributed by atoms with Crippen molar-refractivity contribution in [1.82, 2.24) is 0 Å². The molecule has 0 aliphatic carbocycles. The molecule has 5 rings (SSSR count). The average molecular weight is 447 g/mol. The lowest BCUT2D eigenvalue weighted by Crippen LogP contribution is -2.32. The number of hydrogen-bond donors (Lipinski definition) is 1. The molecule has 7 heteroatoms. The highest BCUT2D eigenvalue weighted by atomic mass is 35.5. The molecule has 2 amide bonds. The van der Waals surface area contributed by atoms with Gasteiger partial charge in [-0.25, -0.2) is 4.90 Å². The molecule has 0 saturated carbocycles. The second-order valence-electron chi connectivity index (χ2n) is 7.66. The summed E-state index contributed by atoms with van der Waals surface area (Å²) in [5, 5.41) is 3.68. The Morgan fingerprint density at radius 3 is 2.34 bits per heavy atom. The molecule has 0 saturated heterocycles. The fourth-order valence-electron chi connectivity index (χ4n) is 3.75. The van der Waals surface area contributed by atoms with Gasteiger partial charge in [-0.15, -0.1) is 0 Å². The third-order valence-electron chi connectivity index (χ3n) is 5.61. The van der Waals surface area contributed by atoms with Gasteiger partial charge in [0.25, 0.3) is 11.8 Å². The van der Waals surface area contributed by atoms with Crippen LogP contribution in [0.15, 0.2) is 66.4 Å². The Hall–Kier alpha value is -3.77. The van der Waals surface area contributed by atoms with Crippen molar-refractivity contribution in [3.63, 3.8) is 0 Å². The summed E-state index contributed by atoms with van der Waals surface area (Å²) in [6.07, 6.45) is 0. The number of ether oxygens (including phenoxy) is 2. The van der Waals surface area contributed by atoms with Crippen molar-refractivity contribution < 1.29 is 19.1 Å². The molecular weight excluding hydrogens is 428 g/mol. The molecule has 0 atom stereocenters. The molecule has 0 spiro atoms. The van der Waals surface area contributed by atoms with Gasteiger partial charge in [0.2, 0.25) is 6.79 Å². The zero-order chi connectivity index (χ0) is 22.4. The van der Waals surface area contributed by atoms with Crippen LogP contribution in [-0.4, -0.2) is 18.6 Å². The van der Waals surface area contributed by atoms with E-state index in [-0.39, 0.29) is 18.1 Å². The normalized spacial score (nSPS) is 15.0. The van der Waals surface area contributed by atoms with Gasteiger partial charge in [0.15, 0.2) is 11.5 Å². The Morgan fingerprint density at radius 2 is 1.59 bits per heavy atom. The molecule has 3 aromatic rings. The number of fused-ring (bicyclic) bond motifs is 1. The average Bonchev–Trinajstić information content (AvgIpc) is 3.33. The van der Waals surface area contributed by atoms with Crippen LogP contribution in [-0.2, 0) is 9.59 Å². The predicted octanol–water partition coefficient (Wildman–Crippen LogP) is 5.08. The Kier molecular flexibility index (Phi) is 4.87. The number of carbonyl (C=O) groups is 2. The molecule has 0 fully saturated rings. The molecule has 32 heavy (non-hydrogen) atoms. The predicted molar refractivity (Wildman–Crippen MR) is 123 cm³/mol. The molecule has 0 unspecified atom stereocenters. The number of imide groups is 1. The Labute approximate surface area is 190 Å². The minimum absolute atomic E-state index is 0.148. The Bertz CT molecular complexity index is 1300. The van der Waals surface area contributed by atoms with Crippen molar-refractivity contribution in [1.29, 1.82) is 0 Å². The lowest BCUT2D eigenvalue weighted by Gasteiger charge is -2.17. The fraction of sp³-hybridized carbons (Fsp3) is 0.120. The second kappa shape index (κ2) is 7.73. The zero-order valence-electron chi connectivity index (χ0n) is 17.4. The summed E-state index contributed by atoms with van der Waals surface area (Å²) in [7, 11) is 0. The maximum absolute atomic E-state index is 13.5. The van der Waals surface area contributed by atoms with Gasteiger partial charge < -0.3 is 14.8 Å². The molecule has 0 bridgehead atoms. The summed E-state index contributed by atoms with van der Waals surface area (Å²) >= 11 is 6.04. The van der Waals surface area contributed by atoms with Crippen molar-refractivity contribution in [3.8, 4) is 11.5 Å². The quantitative estimate of drug-likeness (QED) is 0.566. The van der Waals surface area contributed by atoms with Gasteiger partial charge >= 0.3 is 0 Å². The highest BCUT2D eigenvalue weighted by Crippen LogP contribution is 2.38.